The first-order valence-corrected chi connectivity index (χ1v) is 8.61. The van der Waals surface area contributed by atoms with Crippen molar-refractivity contribution >= 4 is 39.2 Å². The molecule has 0 atom stereocenters. The number of rotatable bonds is 4. The predicted octanol–water partition coefficient (Wildman–Crippen LogP) is 3.46. The molecule has 0 amide bonds. The molecule has 0 unspecified atom stereocenters. The molecule has 5 nitrogen and oxygen atoms in total. The molecule has 2 rings (SSSR count). The predicted molar refractivity (Wildman–Crippen MR) is 88.7 cm³/mol. The summed E-state index contributed by atoms with van der Waals surface area (Å²) in [5.74, 6) is -0.383. The molecule has 0 N–H and O–H groups in total. The number of hydrogen-bond donors (Lipinski definition) is 0. The molecular weight excluding hydrogens is 361 g/mol. The molecule has 0 radical (unpaired) electrons. The molecule has 0 fully saturated rings. The lowest BCUT2D eigenvalue weighted by atomic mass is 10.2. The summed E-state index contributed by atoms with van der Waals surface area (Å²) in [6.45, 7) is 0. The van der Waals surface area contributed by atoms with Crippen molar-refractivity contribution in [1.82, 2.24) is 4.31 Å². The Morgan fingerprint density at radius 2 is 1.61 bits per heavy atom. The van der Waals surface area contributed by atoms with Crippen molar-refractivity contribution in [2.24, 2.45) is 0 Å². The third-order valence-corrected chi connectivity index (χ3v) is 5.54. The molecule has 2 aromatic rings. The van der Waals surface area contributed by atoms with Crippen LogP contribution in [0.3, 0.4) is 0 Å². The fourth-order valence-electron chi connectivity index (χ4n) is 1.68. The van der Waals surface area contributed by atoms with E-state index in [1.165, 1.54) is 56.6 Å². The Labute approximate surface area is 144 Å². The van der Waals surface area contributed by atoms with Crippen LogP contribution in [0, 0.1) is 0 Å². The number of halogens is 2. The summed E-state index contributed by atoms with van der Waals surface area (Å²) < 4.78 is 30.2. The number of sulfonamides is 1. The molecule has 8 heteroatoms. The highest BCUT2D eigenvalue weighted by Gasteiger charge is 2.18. The first kappa shape index (κ1) is 17.7. The Bertz CT molecular complexity index is 833. The van der Waals surface area contributed by atoms with Gasteiger partial charge in [-0.05, 0) is 36.4 Å². The van der Waals surface area contributed by atoms with Gasteiger partial charge in [0.15, 0.2) is 0 Å². The van der Waals surface area contributed by atoms with Crippen LogP contribution in [0.1, 0.15) is 10.4 Å². The maximum absolute atomic E-state index is 12.0. The normalized spacial score (nSPS) is 11.5. The summed E-state index contributed by atoms with van der Waals surface area (Å²) in [5.41, 5.74) is 0.216. The maximum Gasteiger partial charge on any atom is 0.343 e. The Balaban J connectivity index is 2.19. The fraction of sp³-hybridized carbons (Fsp3) is 0.133. The van der Waals surface area contributed by atoms with Crippen molar-refractivity contribution in [1.29, 1.82) is 0 Å². The minimum absolute atomic E-state index is 0.0913. The summed E-state index contributed by atoms with van der Waals surface area (Å²) >= 11 is 11.6. The Morgan fingerprint density at radius 3 is 2.13 bits per heavy atom. The zero-order valence-electron chi connectivity index (χ0n) is 12.3. The van der Waals surface area contributed by atoms with E-state index in [0.29, 0.717) is 5.02 Å². The van der Waals surface area contributed by atoms with Crippen LogP contribution in [0.15, 0.2) is 47.4 Å². The molecule has 0 saturated carbocycles. The van der Waals surface area contributed by atoms with E-state index >= 15 is 0 Å². The van der Waals surface area contributed by atoms with E-state index in [2.05, 4.69) is 0 Å². The molecule has 23 heavy (non-hydrogen) atoms. The zero-order valence-corrected chi connectivity index (χ0v) is 14.6. The summed E-state index contributed by atoms with van der Waals surface area (Å²) in [7, 11) is -0.675. The molecule has 122 valence electrons. The van der Waals surface area contributed by atoms with E-state index in [-0.39, 0.29) is 21.2 Å². The fourth-order valence-corrected chi connectivity index (χ4v) is 2.87. The number of esters is 1. The third kappa shape index (κ3) is 4.03. The van der Waals surface area contributed by atoms with Gasteiger partial charge < -0.3 is 4.74 Å². The van der Waals surface area contributed by atoms with Gasteiger partial charge in [0, 0.05) is 20.2 Å². The minimum Gasteiger partial charge on any atom is -0.423 e. The van der Waals surface area contributed by atoms with Crippen LogP contribution in [0.2, 0.25) is 10.0 Å². The number of carbonyl (C=O) groups is 1. The first-order valence-electron chi connectivity index (χ1n) is 6.41. The highest BCUT2D eigenvalue weighted by atomic mass is 35.5. The largest absolute Gasteiger partial charge is 0.423 e. The molecule has 0 aliphatic rings. The molecule has 0 saturated heterocycles. The van der Waals surface area contributed by atoms with Crippen LogP contribution in [-0.4, -0.2) is 32.8 Å². The van der Waals surface area contributed by atoms with E-state index in [0.717, 1.165) is 4.31 Å². The van der Waals surface area contributed by atoms with Crippen LogP contribution in [0.25, 0.3) is 0 Å². The highest BCUT2D eigenvalue weighted by Crippen LogP contribution is 2.26. The third-order valence-electron chi connectivity index (χ3n) is 2.97. The van der Waals surface area contributed by atoms with Crippen LogP contribution < -0.4 is 4.74 Å². The molecule has 2 aromatic carbocycles. The standard InChI is InChI=1S/C15H13Cl2NO4S/c1-18(2)23(20,21)12-6-3-10(4-7-12)15(19)22-11-5-8-13(16)14(17)9-11/h3-9H,1-2H3. The smallest absolute Gasteiger partial charge is 0.343 e. The molecule has 0 aliphatic heterocycles. The van der Waals surface area contributed by atoms with Crippen LogP contribution in [0.4, 0.5) is 0 Å². The number of benzene rings is 2. The molecular formula is C15H13Cl2NO4S. The van der Waals surface area contributed by atoms with Gasteiger partial charge in [-0.3, -0.25) is 0 Å². The average molecular weight is 374 g/mol. The average Bonchev–Trinajstić information content (AvgIpc) is 2.51. The van der Waals surface area contributed by atoms with Gasteiger partial charge in [0.05, 0.1) is 20.5 Å². The summed E-state index contributed by atoms with van der Waals surface area (Å²) in [5, 5.41) is 0.620. The van der Waals surface area contributed by atoms with Gasteiger partial charge in [0.1, 0.15) is 5.75 Å². The second-order valence-corrected chi connectivity index (χ2v) is 7.74. The molecule has 0 aromatic heterocycles. The van der Waals surface area contributed by atoms with E-state index in [4.69, 9.17) is 27.9 Å². The quantitative estimate of drug-likeness (QED) is 0.607. The molecule has 0 spiro atoms. The zero-order chi connectivity index (χ0) is 17.2. The number of carbonyl (C=O) groups excluding carboxylic acids is 1. The highest BCUT2D eigenvalue weighted by molar-refractivity contribution is 7.89. The lowest BCUT2D eigenvalue weighted by Crippen LogP contribution is -2.22. The van der Waals surface area contributed by atoms with Crippen LogP contribution in [0.5, 0.6) is 5.75 Å². The Morgan fingerprint density at radius 1 is 1.00 bits per heavy atom. The van der Waals surface area contributed by atoms with Crippen molar-refractivity contribution in [2.45, 2.75) is 4.90 Å². The summed E-state index contributed by atoms with van der Waals surface area (Å²) in [6, 6.07) is 9.91. The lowest BCUT2D eigenvalue weighted by molar-refractivity contribution is 0.0734. The maximum atomic E-state index is 12.0. The van der Waals surface area contributed by atoms with E-state index in [9.17, 15) is 13.2 Å². The SMILES string of the molecule is CN(C)S(=O)(=O)c1ccc(C(=O)Oc2ccc(Cl)c(Cl)c2)cc1. The first-order chi connectivity index (χ1) is 10.7. The van der Waals surface area contributed by atoms with Crippen LogP contribution >= 0.6 is 23.2 Å². The summed E-state index contributed by atoms with van der Waals surface area (Å²) in [4.78, 5) is 12.1. The van der Waals surface area contributed by atoms with Crippen molar-refractivity contribution in [3.63, 3.8) is 0 Å². The number of ether oxygens (including phenoxy) is 1. The molecule has 0 aliphatic carbocycles. The van der Waals surface area contributed by atoms with Gasteiger partial charge >= 0.3 is 5.97 Å². The number of nitrogens with zero attached hydrogens (tertiary/aromatic N) is 1. The van der Waals surface area contributed by atoms with Gasteiger partial charge in [0.2, 0.25) is 10.0 Å². The van der Waals surface area contributed by atoms with Gasteiger partial charge in [-0.25, -0.2) is 17.5 Å². The van der Waals surface area contributed by atoms with E-state index < -0.39 is 16.0 Å². The van der Waals surface area contributed by atoms with Crippen molar-refractivity contribution in [3.8, 4) is 5.75 Å². The number of hydrogen-bond acceptors (Lipinski definition) is 4. The van der Waals surface area contributed by atoms with Crippen molar-refractivity contribution in [2.75, 3.05) is 14.1 Å². The lowest BCUT2D eigenvalue weighted by Gasteiger charge is -2.11. The second kappa shape index (κ2) is 6.88. The van der Waals surface area contributed by atoms with Crippen molar-refractivity contribution in [3.05, 3.63) is 58.1 Å². The molecule has 0 bridgehead atoms. The van der Waals surface area contributed by atoms with Gasteiger partial charge in [-0.2, -0.15) is 0 Å². The van der Waals surface area contributed by atoms with E-state index in [1.54, 1.807) is 0 Å². The minimum atomic E-state index is -3.54. The van der Waals surface area contributed by atoms with Gasteiger partial charge in [-0.1, -0.05) is 23.2 Å². The second-order valence-electron chi connectivity index (χ2n) is 4.78. The van der Waals surface area contributed by atoms with E-state index in [1.807, 2.05) is 0 Å². The Kier molecular flexibility index (Phi) is 5.31. The van der Waals surface area contributed by atoms with Gasteiger partial charge in [-0.15, -0.1) is 0 Å². The molecule has 0 heterocycles. The topological polar surface area (TPSA) is 63.7 Å². The van der Waals surface area contributed by atoms with Crippen molar-refractivity contribution < 1.29 is 17.9 Å². The summed E-state index contributed by atoms with van der Waals surface area (Å²) in [6.07, 6.45) is 0. The Hall–Kier alpha value is -1.60. The van der Waals surface area contributed by atoms with Gasteiger partial charge in [0.25, 0.3) is 0 Å². The van der Waals surface area contributed by atoms with Crippen LogP contribution in [-0.2, 0) is 10.0 Å². The monoisotopic (exact) mass is 373 g/mol.